The van der Waals surface area contributed by atoms with E-state index in [4.69, 9.17) is 11.6 Å². The second-order valence-electron chi connectivity index (χ2n) is 4.40. The number of halogens is 2. The Bertz CT molecular complexity index is 789. The van der Waals surface area contributed by atoms with E-state index in [1.165, 1.54) is 6.07 Å². The monoisotopic (exact) mass is 287 g/mol. The lowest BCUT2D eigenvalue weighted by molar-refractivity contribution is 0.619. The lowest BCUT2D eigenvalue weighted by Gasteiger charge is -2.11. The van der Waals surface area contributed by atoms with Crippen LogP contribution in [0.15, 0.2) is 42.5 Å². The maximum atomic E-state index is 13.6. The van der Waals surface area contributed by atoms with Gasteiger partial charge in [-0.1, -0.05) is 18.2 Å². The molecule has 0 saturated carbocycles. The standard InChI is InChI=1S/C15H11ClFN3/c1-9-11(17)6-4-8-12(9)18-14-10-5-2-3-7-13(10)19-15(16)20-14/h2-8H,1H3,(H,18,19,20). The molecule has 0 aliphatic carbocycles. The molecule has 0 saturated heterocycles. The number of nitrogens with zero attached hydrogens (tertiary/aromatic N) is 2. The van der Waals surface area contributed by atoms with Crippen molar-refractivity contribution in [2.24, 2.45) is 0 Å². The van der Waals surface area contributed by atoms with E-state index in [1.54, 1.807) is 19.1 Å². The van der Waals surface area contributed by atoms with Gasteiger partial charge in [0, 0.05) is 16.6 Å². The zero-order valence-corrected chi connectivity index (χ0v) is 11.4. The van der Waals surface area contributed by atoms with Crippen molar-refractivity contribution >= 4 is 34.0 Å². The molecule has 0 amide bonds. The molecule has 1 aromatic heterocycles. The number of anilines is 2. The number of para-hydroxylation sites is 1. The topological polar surface area (TPSA) is 37.8 Å². The third-order valence-electron chi connectivity index (χ3n) is 3.10. The van der Waals surface area contributed by atoms with Crippen molar-refractivity contribution in [3.8, 4) is 0 Å². The summed E-state index contributed by atoms with van der Waals surface area (Å²) >= 11 is 5.92. The lowest BCUT2D eigenvalue weighted by Crippen LogP contribution is -1.99. The first-order chi connectivity index (χ1) is 9.65. The summed E-state index contributed by atoms with van der Waals surface area (Å²) in [5, 5.41) is 4.11. The van der Waals surface area contributed by atoms with Crippen molar-refractivity contribution in [1.82, 2.24) is 9.97 Å². The molecule has 0 atom stereocenters. The van der Waals surface area contributed by atoms with E-state index < -0.39 is 0 Å². The zero-order chi connectivity index (χ0) is 14.1. The second kappa shape index (κ2) is 5.06. The van der Waals surface area contributed by atoms with Gasteiger partial charge in [0.2, 0.25) is 5.28 Å². The fourth-order valence-corrected chi connectivity index (χ4v) is 2.19. The van der Waals surface area contributed by atoms with E-state index in [2.05, 4.69) is 15.3 Å². The molecule has 0 bridgehead atoms. The summed E-state index contributed by atoms with van der Waals surface area (Å²) in [7, 11) is 0. The molecule has 20 heavy (non-hydrogen) atoms. The van der Waals surface area contributed by atoms with E-state index >= 15 is 0 Å². The maximum absolute atomic E-state index is 13.6. The Hall–Kier alpha value is -2.20. The van der Waals surface area contributed by atoms with E-state index in [-0.39, 0.29) is 11.1 Å². The Kier molecular flexibility index (Phi) is 3.24. The van der Waals surface area contributed by atoms with Gasteiger partial charge in [0.05, 0.1) is 5.52 Å². The van der Waals surface area contributed by atoms with Gasteiger partial charge in [0.15, 0.2) is 0 Å². The molecule has 100 valence electrons. The maximum Gasteiger partial charge on any atom is 0.224 e. The molecule has 1 heterocycles. The van der Waals surface area contributed by atoms with Crippen molar-refractivity contribution in [3.63, 3.8) is 0 Å². The summed E-state index contributed by atoms with van der Waals surface area (Å²) < 4.78 is 13.6. The molecule has 3 nitrogen and oxygen atoms in total. The minimum atomic E-state index is -0.264. The van der Waals surface area contributed by atoms with Gasteiger partial charge in [-0.2, -0.15) is 4.98 Å². The van der Waals surface area contributed by atoms with E-state index in [0.717, 1.165) is 10.9 Å². The highest BCUT2D eigenvalue weighted by Gasteiger charge is 2.09. The van der Waals surface area contributed by atoms with Gasteiger partial charge in [-0.25, -0.2) is 9.37 Å². The van der Waals surface area contributed by atoms with Crippen LogP contribution < -0.4 is 5.32 Å². The number of nitrogens with one attached hydrogen (secondary N) is 1. The van der Waals surface area contributed by atoms with E-state index in [9.17, 15) is 4.39 Å². The number of hydrogen-bond acceptors (Lipinski definition) is 3. The van der Waals surface area contributed by atoms with E-state index in [0.29, 0.717) is 17.1 Å². The van der Waals surface area contributed by atoms with Crippen LogP contribution in [0.4, 0.5) is 15.9 Å². The average molecular weight is 288 g/mol. The van der Waals surface area contributed by atoms with Crippen LogP contribution in [0.1, 0.15) is 5.56 Å². The number of aromatic nitrogens is 2. The normalized spacial score (nSPS) is 10.8. The molecule has 1 N–H and O–H groups in total. The van der Waals surface area contributed by atoms with Crippen LogP contribution in [0.5, 0.6) is 0 Å². The molecule has 0 radical (unpaired) electrons. The zero-order valence-electron chi connectivity index (χ0n) is 10.7. The molecule has 3 aromatic rings. The quantitative estimate of drug-likeness (QED) is 0.707. The molecule has 0 aliphatic heterocycles. The Labute approximate surface area is 120 Å². The highest BCUT2D eigenvalue weighted by Crippen LogP contribution is 2.27. The first kappa shape index (κ1) is 12.8. The fourth-order valence-electron chi connectivity index (χ4n) is 2.01. The van der Waals surface area contributed by atoms with Gasteiger partial charge in [0.25, 0.3) is 0 Å². The van der Waals surface area contributed by atoms with Crippen LogP contribution in [0.2, 0.25) is 5.28 Å². The van der Waals surface area contributed by atoms with Gasteiger partial charge in [-0.05, 0) is 42.8 Å². The first-order valence-corrected chi connectivity index (χ1v) is 6.47. The molecule has 0 unspecified atom stereocenters. The van der Waals surface area contributed by atoms with Crippen molar-refractivity contribution in [2.45, 2.75) is 6.92 Å². The molecular formula is C15H11ClFN3. The number of rotatable bonds is 2. The molecule has 2 aromatic carbocycles. The predicted octanol–water partition coefficient (Wildman–Crippen LogP) is 4.47. The summed E-state index contributed by atoms with van der Waals surface area (Å²) in [5.74, 6) is 0.300. The summed E-state index contributed by atoms with van der Waals surface area (Å²) in [6.07, 6.45) is 0. The van der Waals surface area contributed by atoms with Crippen molar-refractivity contribution < 1.29 is 4.39 Å². The Morgan fingerprint density at radius 3 is 2.70 bits per heavy atom. The molecule has 3 rings (SSSR count). The molecule has 0 aliphatic rings. The van der Waals surface area contributed by atoms with Gasteiger partial charge >= 0.3 is 0 Å². The van der Waals surface area contributed by atoms with Crippen molar-refractivity contribution in [1.29, 1.82) is 0 Å². The predicted molar refractivity (Wildman–Crippen MR) is 79.0 cm³/mol. The summed E-state index contributed by atoms with van der Waals surface area (Å²) in [5.41, 5.74) is 1.93. The Morgan fingerprint density at radius 2 is 1.85 bits per heavy atom. The minimum Gasteiger partial charge on any atom is -0.339 e. The highest BCUT2D eigenvalue weighted by atomic mass is 35.5. The number of hydrogen-bond donors (Lipinski definition) is 1. The van der Waals surface area contributed by atoms with Gasteiger partial charge in [0.1, 0.15) is 11.6 Å². The molecule has 0 fully saturated rings. The number of benzene rings is 2. The fraction of sp³-hybridized carbons (Fsp3) is 0.0667. The van der Waals surface area contributed by atoms with Crippen LogP contribution in [-0.4, -0.2) is 9.97 Å². The average Bonchev–Trinajstić information content (AvgIpc) is 2.43. The largest absolute Gasteiger partial charge is 0.339 e. The smallest absolute Gasteiger partial charge is 0.224 e. The van der Waals surface area contributed by atoms with Crippen LogP contribution in [0.3, 0.4) is 0 Å². The summed E-state index contributed by atoms with van der Waals surface area (Å²) in [6, 6.07) is 12.4. The van der Waals surface area contributed by atoms with Gasteiger partial charge in [-0.15, -0.1) is 0 Å². The van der Waals surface area contributed by atoms with Crippen molar-refractivity contribution in [2.75, 3.05) is 5.32 Å². The van der Waals surface area contributed by atoms with Crippen LogP contribution in [-0.2, 0) is 0 Å². The summed E-state index contributed by atoms with van der Waals surface area (Å²) in [4.78, 5) is 8.35. The highest BCUT2D eigenvalue weighted by molar-refractivity contribution is 6.28. The second-order valence-corrected chi connectivity index (χ2v) is 4.73. The van der Waals surface area contributed by atoms with Crippen LogP contribution in [0.25, 0.3) is 10.9 Å². The lowest BCUT2D eigenvalue weighted by atomic mass is 10.1. The van der Waals surface area contributed by atoms with Crippen LogP contribution >= 0.6 is 11.6 Å². The first-order valence-electron chi connectivity index (χ1n) is 6.09. The van der Waals surface area contributed by atoms with Crippen molar-refractivity contribution in [3.05, 3.63) is 59.1 Å². The summed E-state index contributed by atoms with van der Waals surface area (Å²) in [6.45, 7) is 1.71. The number of fused-ring (bicyclic) bond motifs is 1. The SMILES string of the molecule is Cc1c(F)cccc1Nc1nc(Cl)nc2ccccc12. The Balaban J connectivity index is 2.13. The van der Waals surface area contributed by atoms with Gasteiger partial charge < -0.3 is 5.32 Å². The van der Waals surface area contributed by atoms with Gasteiger partial charge in [-0.3, -0.25) is 0 Å². The molecule has 0 spiro atoms. The van der Waals surface area contributed by atoms with E-state index in [1.807, 2.05) is 24.3 Å². The third-order valence-corrected chi connectivity index (χ3v) is 3.27. The minimum absolute atomic E-state index is 0.153. The third kappa shape index (κ3) is 2.30. The Morgan fingerprint density at radius 1 is 1.05 bits per heavy atom. The molecule has 5 heteroatoms. The van der Waals surface area contributed by atoms with Crippen LogP contribution in [0, 0.1) is 12.7 Å². The molecular weight excluding hydrogens is 277 g/mol.